The van der Waals surface area contributed by atoms with E-state index in [9.17, 15) is 14.0 Å². The van der Waals surface area contributed by atoms with Crippen molar-refractivity contribution in [1.82, 2.24) is 10.3 Å². The Hall–Kier alpha value is -3.58. The molecule has 0 saturated carbocycles. The Morgan fingerprint density at radius 3 is 2.60 bits per heavy atom. The summed E-state index contributed by atoms with van der Waals surface area (Å²) in [6.07, 6.45) is 1.73. The molecular weight excluding hydrogens is 401 g/mol. The second-order valence-electron chi connectivity index (χ2n) is 6.75. The lowest BCUT2D eigenvalue weighted by atomic mass is 10.0. The molecule has 2 N–H and O–H groups in total. The van der Waals surface area contributed by atoms with Gasteiger partial charge in [-0.3, -0.25) is 9.59 Å². The van der Waals surface area contributed by atoms with Crippen molar-refractivity contribution in [2.24, 2.45) is 0 Å². The van der Waals surface area contributed by atoms with Gasteiger partial charge in [-0.1, -0.05) is 42.5 Å². The SMILES string of the molecule is O=C(N[C@H](Cc1cccc(F)c1)C(=O)Nc1nccs1)c1ccc2ccccc2c1. The number of thiazole rings is 1. The molecular formula is C23H18FN3O2S. The van der Waals surface area contributed by atoms with Crippen LogP contribution in [0.1, 0.15) is 15.9 Å². The van der Waals surface area contributed by atoms with Gasteiger partial charge in [0.1, 0.15) is 11.9 Å². The number of rotatable bonds is 6. The van der Waals surface area contributed by atoms with Gasteiger partial charge in [0, 0.05) is 23.6 Å². The number of halogens is 1. The number of carbonyl (C=O) groups is 2. The largest absolute Gasteiger partial charge is 0.340 e. The highest BCUT2D eigenvalue weighted by Crippen LogP contribution is 2.17. The standard InChI is InChI=1S/C23H18FN3O2S/c24-19-7-3-4-15(12-19)13-20(22(29)27-23-25-10-11-30-23)26-21(28)18-9-8-16-5-1-2-6-17(16)14-18/h1-12,14,20H,13H2,(H,26,28)(H,25,27,29)/t20-/m1/s1. The number of anilines is 1. The molecule has 0 aliphatic rings. The van der Waals surface area contributed by atoms with E-state index in [0.29, 0.717) is 16.3 Å². The molecule has 0 fully saturated rings. The van der Waals surface area contributed by atoms with Gasteiger partial charge in [-0.25, -0.2) is 9.37 Å². The maximum Gasteiger partial charge on any atom is 0.251 e. The highest BCUT2D eigenvalue weighted by molar-refractivity contribution is 7.13. The van der Waals surface area contributed by atoms with E-state index in [1.54, 1.807) is 35.8 Å². The zero-order valence-electron chi connectivity index (χ0n) is 15.8. The molecule has 30 heavy (non-hydrogen) atoms. The Morgan fingerprint density at radius 1 is 1.00 bits per heavy atom. The number of fused-ring (bicyclic) bond motifs is 1. The normalized spacial score (nSPS) is 11.8. The molecule has 1 heterocycles. The average molecular weight is 419 g/mol. The predicted octanol–water partition coefficient (Wildman–Crippen LogP) is 4.42. The maximum atomic E-state index is 13.6. The first-order chi connectivity index (χ1) is 14.6. The molecule has 4 rings (SSSR count). The molecule has 0 radical (unpaired) electrons. The van der Waals surface area contributed by atoms with Crippen LogP contribution in [0, 0.1) is 5.82 Å². The third-order valence-electron chi connectivity index (χ3n) is 4.62. The average Bonchev–Trinajstić information content (AvgIpc) is 3.26. The topological polar surface area (TPSA) is 71.1 Å². The summed E-state index contributed by atoms with van der Waals surface area (Å²) in [4.78, 5) is 29.8. The Labute approximate surface area is 176 Å². The fourth-order valence-corrected chi connectivity index (χ4v) is 3.69. The van der Waals surface area contributed by atoms with E-state index in [2.05, 4.69) is 15.6 Å². The zero-order chi connectivity index (χ0) is 20.9. The van der Waals surface area contributed by atoms with Gasteiger partial charge in [0.05, 0.1) is 0 Å². The summed E-state index contributed by atoms with van der Waals surface area (Å²) < 4.78 is 13.6. The third kappa shape index (κ3) is 4.69. The van der Waals surface area contributed by atoms with Gasteiger partial charge in [-0.15, -0.1) is 11.3 Å². The second kappa shape index (κ2) is 8.84. The Bertz CT molecular complexity index is 1190. The third-order valence-corrected chi connectivity index (χ3v) is 5.31. The fourth-order valence-electron chi connectivity index (χ4n) is 3.16. The van der Waals surface area contributed by atoms with Crippen LogP contribution in [0.2, 0.25) is 0 Å². The van der Waals surface area contributed by atoms with Crippen molar-refractivity contribution in [1.29, 1.82) is 0 Å². The van der Waals surface area contributed by atoms with Gasteiger partial charge in [-0.05, 0) is 40.6 Å². The van der Waals surface area contributed by atoms with E-state index in [-0.39, 0.29) is 12.3 Å². The van der Waals surface area contributed by atoms with Crippen LogP contribution < -0.4 is 10.6 Å². The zero-order valence-corrected chi connectivity index (χ0v) is 16.7. The first kappa shape index (κ1) is 19.7. The second-order valence-corrected chi connectivity index (χ2v) is 7.64. The summed E-state index contributed by atoms with van der Waals surface area (Å²) in [5.41, 5.74) is 1.05. The number of hydrogen-bond donors (Lipinski definition) is 2. The number of aromatic nitrogens is 1. The van der Waals surface area contributed by atoms with E-state index in [1.165, 1.54) is 23.5 Å². The molecule has 7 heteroatoms. The molecule has 150 valence electrons. The smallest absolute Gasteiger partial charge is 0.251 e. The molecule has 1 aromatic heterocycles. The molecule has 0 unspecified atom stereocenters. The van der Waals surface area contributed by atoms with E-state index in [0.717, 1.165) is 10.8 Å². The number of hydrogen-bond acceptors (Lipinski definition) is 4. The predicted molar refractivity (Wildman–Crippen MR) is 116 cm³/mol. The Morgan fingerprint density at radius 2 is 1.83 bits per heavy atom. The summed E-state index contributed by atoms with van der Waals surface area (Å²) in [5.74, 6) is -1.19. The van der Waals surface area contributed by atoms with Gasteiger partial charge in [0.15, 0.2) is 5.13 Å². The van der Waals surface area contributed by atoms with Crippen LogP contribution >= 0.6 is 11.3 Å². The number of carbonyl (C=O) groups excluding carboxylic acids is 2. The first-order valence-electron chi connectivity index (χ1n) is 9.33. The molecule has 5 nitrogen and oxygen atoms in total. The minimum atomic E-state index is -0.894. The van der Waals surface area contributed by atoms with Crippen molar-refractivity contribution in [3.63, 3.8) is 0 Å². The lowest BCUT2D eigenvalue weighted by molar-refractivity contribution is -0.118. The van der Waals surface area contributed by atoms with E-state index in [1.807, 2.05) is 30.3 Å². The highest BCUT2D eigenvalue weighted by atomic mass is 32.1. The van der Waals surface area contributed by atoms with Crippen LogP contribution in [-0.4, -0.2) is 22.8 Å². The van der Waals surface area contributed by atoms with Crippen LogP contribution in [0.25, 0.3) is 10.8 Å². The van der Waals surface area contributed by atoms with Gasteiger partial charge >= 0.3 is 0 Å². The minimum Gasteiger partial charge on any atom is -0.340 e. The van der Waals surface area contributed by atoms with Crippen molar-refractivity contribution in [2.45, 2.75) is 12.5 Å². The van der Waals surface area contributed by atoms with Crippen LogP contribution in [0.15, 0.2) is 78.3 Å². The van der Waals surface area contributed by atoms with Crippen LogP contribution in [0.5, 0.6) is 0 Å². The van der Waals surface area contributed by atoms with Crippen LogP contribution in [0.4, 0.5) is 9.52 Å². The first-order valence-corrected chi connectivity index (χ1v) is 10.2. The molecule has 0 saturated heterocycles. The number of benzene rings is 3. The lowest BCUT2D eigenvalue weighted by Crippen LogP contribution is -2.45. The van der Waals surface area contributed by atoms with Crippen molar-refractivity contribution < 1.29 is 14.0 Å². The van der Waals surface area contributed by atoms with Gasteiger partial charge < -0.3 is 10.6 Å². The quantitative estimate of drug-likeness (QED) is 0.486. The summed E-state index contributed by atoms with van der Waals surface area (Å²) in [6.45, 7) is 0. The summed E-state index contributed by atoms with van der Waals surface area (Å²) in [5, 5.41) is 9.61. The summed E-state index contributed by atoms with van der Waals surface area (Å²) in [7, 11) is 0. The summed E-state index contributed by atoms with van der Waals surface area (Å²) >= 11 is 1.28. The Balaban J connectivity index is 1.57. The van der Waals surface area contributed by atoms with E-state index >= 15 is 0 Å². The fraction of sp³-hybridized carbons (Fsp3) is 0.0870. The van der Waals surface area contributed by atoms with Crippen molar-refractivity contribution in [3.05, 3.63) is 95.3 Å². The van der Waals surface area contributed by atoms with Crippen LogP contribution in [-0.2, 0) is 11.2 Å². The molecule has 4 aromatic rings. The Kier molecular flexibility index (Phi) is 5.81. The highest BCUT2D eigenvalue weighted by Gasteiger charge is 2.23. The molecule has 0 aliphatic heterocycles. The van der Waals surface area contributed by atoms with Gasteiger partial charge in [-0.2, -0.15) is 0 Å². The van der Waals surface area contributed by atoms with Crippen molar-refractivity contribution >= 4 is 39.1 Å². The van der Waals surface area contributed by atoms with Crippen molar-refractivity contribution in [2.75, 3.05) is 5.32 Å². The molecule has 1 atom stereocenters. The van der Waals surface area contributed by atoms with Gasteiger partial charge in [0.2, 0.25) is 5.91 Å². The molecule has 0 bridgehead atoms. The summed E-state index contributed by atoms with van der Waals surface area (Å²) in [6, 6.07) is 18.2. The molecule has 3 aromatic carbocycles. The number of nitrogens with zero attached hydrogens (tertiary/aromatic N) is 1. The van der Waals surface area contributed by atoms with E-state index in [4.69, 9.17) is 0 Å². The molecule has 0 aliphatic carbocycles. The minimum absolute atomic E-state index is 0.147. The van der Waals surface area contributed by atoms with E-state index < -0.39 is 17.8 Å². The molecule has 0 spiro atoms. The number of amides is 2. The maximum absolute atomic E-state index is 13.6. The number of nitrogens with one attached hydrogen (secondary N) is 2. The monoisotopic (exact) mass is 419 g/mol. The molecule has 2 amide bonds. The lowest BCUT2D eigenvalue weighted by Gasteiger charge is -2.18. The van der Waals surface area contributed by atoms with Crippen LogP contribution in [0.3, 0.4) is 0 Å². The van der Waals surface area contributed by atoms with Gasteiger partial charge in [0.25, 0.3) is 5.91 Å². The van der Waals surface area contributed by atoms with Crippen molar-refractivity contribution in [3.8, 4) is 0 Å².